The average Bonchev–Trinajstić information content (AvgIpc) is 3.38. The van der Waals surface area contributed by atoms with E-state index in [0.717, 1.165) is 30.0 Å². The standard InChI is InChI=1S/C20H20N2O3S/c23-20(21-13-5-6-17-18(11-13)25-9-8-24-17)16-12-19-15(7-10-26-19)22(16)14-3-1-2-4-14/h5-7,10-12,14H,1-4,8-9H2,(H,21,23). The number of rotatable bonds is 3. The molecule has 0 spiro atoms. The Kier molecular flexibility index (Phi) is 3.85. The summed E-state index contributed by atoms with van der Waals surface area (Å²) in [7, 11) is 0. The van der Waals surface area contributed by atoms with Crippen LogP contribution in [0.25, 0.3) is 10.2 Å². The monoisotopic (exact) mass is 368 g/mol. The lowest BCUT2D eigenvalue weighted by Crippen LogP contribution is -2.20. The summed E-state index contributed by atoms with van der Waals surface area (Å²) >= 11 is 1.69. The molecule has 1 N–H and O–H groups in total. The van der Waals surface area contributed by atoms with Crippen LogP contribution < -0.4 is 14.8 Å². The number of amides is 1. The summed E-state index contributed by atoms with van der Waals surface area (Å²) in [5.74, 6) is 1.34. The van der Waals surface area contributed by atoms with Gasteiger partial charge < -0.3 is 19.4 Å². The fourth-order valence-electron chi connectivity index (χ4n) is 3.99. The molecule has 1 aliphatic carbocycles. The number of thiophene rings is 1. The third-order valence-electron chi connectivity index (χ3n) is 5.18. The third kappa shape index (κ3) is 2.65. The predicted molar refractivity (Wildman–Crippen MR) is 103 cm³/mol. The number of nitrogens with one attached hydrogen (secondary N) is 1. The fourth-order valence-corrected chi connectivity index (χ4v) is 4.80. The van der Waals surface area contributed by atoms with Crippen LogP contribution in [-0.2, 0) is 0 Å². The Morgan fingerprint density at radius 3 is 2.73 bits per heavy atom. The number of fused-ring (bicyclic) bond motifs is 2. The number of aromatic nitrogens is 1. The number of nitrogens with zero attached hydrogens (tertiary/aromatic N) is 1. The second-order valence-corrected chi connectivity index (χ2v) is 7.77. The molecule has 1 aliphatic heterocycles. The van der Waals surface area contributed by atoms with Crippen LogP contribution in [0.5, 0.6) is 11.5 Å². The topological polar surface area (TPSA) is 52.5 Å². The van der Waals surface area contributed by atoms with Gasteiger partial charge in [-0.2, -0.15) is 0 Å². The number of benzene rings is 1. The van der Waals surface area contributed by atoms with Crippen LogP contribution in [0, 0.1) is 0 Å². The highest BCUT2D eigenvalue weighted by Gasteiger charge is 2.25. The number of ether oxygens (including phenoxy) is 2. The predicted octanol–water partition coefficient (Wildman–Crippen LogP) is 4.84. The van der Waals surface area contributed by atoms with Crippen LogP contribution in [0.3, 0.4) is 0 Å². The van der Waals surface area contributed by atoms with Gasteiger partial charge in [0.15, 0.2) is 11.5 Å². The van der Waals surface area contributed by atoms with E-state index in [-0.39, 0.29) is 5.91 Å². The van der Waals surface area contributed by atoms with E-state index >= 15 is 0 Å². The van der Waals surface area contributed by atoms with Crippen LogP contribution in [0.15, 0.2) is 35.7 Å². The van der Waals surface area contributed by atoms with E-state index in [0.29, 0.717) is 25.0 Å². The lowest BCUT2D eigenvalue weighted by atomic mass is 10.2. The first-order valence-corrected chi connectivity index (χ1v) is 9.97. The van der Waals surface area contributed by atoms with Crippen molar-refractivity contribution in [1.82, 2.24) is 4.57 Å². The molecule has 0 radical (unpaired) electrons. The van der Waals surface area contributed by atoms with Gasteiger partial charge >= 0.3 is 0 Å². The van der Waals surface area contributed by atoms with Crippen molar-refractivity contribution in [3.8, 4) is 11.5 Å². The zero-order valence-electron chi connectivity index (χ0n) is 14.4. The van der Waals surface area contributed by atoms with Gasteiger partial charge in [-0.15, -0.1) is 11.3 Å². The summed E-state index contributed by atoms with van der Waals surface area (Å²) in [6.45, 7) is 1.09. The number of carbonyl (C=O) groups excluding carboxylic acids is 1. The van der Waals surface area contributed by atoms with Gasteiger partial charge in [0.2, 0.25) is 0 Å². The molecule has 1 fully saturated rings. The molecule has 1 aromatic carbocycles. The van der Waals surface area contributed by atoms with Crippen molar-refractivity contribution < 1.29 is 14.3 Å². The second kappa shape index (κ2) is 6.36. The Hall–Kier alpha value is -2.47. The van der Waals surface area contributed by atoms with Crippen molar-refractivity contribution in [2.24, 2.45) is 0 Å². The fraction of sp³-hybridized carbons (Fsp3) is 0.350. The molecule has 26 heavy (non-hydrogen) atoms. The Bertz CT molecular complexity index is 969. The molecule has 134 valence electrons. The van der Waals surface area contributed by atoms with Crippen molar-refractivity contribution in [1.29, 1.82) is 0 Å². The second-order valence-electron chi connectivity index (χ2n) is 6.82. The molecule has 5 nitrogen and oxygen atoms in total. The number of carbonyl (C=O) groups is 1. The van der Waals surface area contributed by atoms with Gasteiger partial charge in [0.05, 0.1) is 10.2 Å². The minimum atomic E-state index is -0.0722. The molecule has 0 unspecified atom stereocenters. The Labute approximate surface area is 155 Å². The molecule has 3 aromatic rings. The Balaban J connectivity index is 1.47. The van der Waals surface area contributed by atoms with Crippen molar-refractivity contribution in [3.63, 3.8) is 0 Å². The molecule has 5 rings (SSSR count). The molecule has 3 heterocycles. The summed E-state index contributed by atoms with van der Waals surface area (Å²) in [6.07, 6.45) is 4.75. The third-order valence-corrected chi connectivity index (χ3v) is 6.04. The number of hydrogen-bond acceptors (Lipinski definition) is 4. The first-order valence-electron chi connectivity index (χ1n) is 9.09. The van der Waals surface area contributed by atoms with Crippen molar-refractivity contribution in [2.75, 3.05) is 18.5 Å². The van der Waals surface area contributed by atoms with E-state index in [9.17, 15) is 4.79 Å². The summed E-state index contributed by atoms with van der Waals surface area (Å²) in [4.78, 5) is 13.0. The summed E-state index contributed by atoms with van der Waals surface area (Å²) in [5.41, 5.74) is 2.64. The van der Waals surface area contributed by atoms with Crippen LogP contribution >= 0.6 is 11.3 Å². The first-order chi connectivity index (χ1) is 12.8. The molecule has 0 atom stereocenters. The zero-order valence-corrected chi connectivity index (χ0v) is 15.2. The van der Waals surface area contributed by atoms with Crippen LogP contribution in [0.1, 0.15) is 42.2 Å². The molecule has 2 aromatic heterocycles. The minimum Gasteiger partial charge on any atom is -0.486 e. The number of anilines is 1. The summed E-state index contributed by atoms with van der Waals surface area (Å²) in [6, 6.07) is 10.1. The van der Waals surface area contributed by atoms with Gasteiger partial charge in [-0.05, 0) is 42.5 Å². The van der Waals surface area contributed by atoms with E-state index in [1.165, 1.54) is 23.1 Å². The maximum atomic E-state index is 13.0. The normalized spacial score (nSPS) is 16.9. The molecule has 0 bridgehead atoms. The molecule has 1 amide bonds. The molecule has 6 heteroatoms. The van der Waals surface area contributed by atoms with E-state index < -0.39 is 0 Å². The zero-order chi connectivity index (χ0) is 17.5. The van der Waals surface area contributed by atoms with Gasteiger partial charge in [0.25, 0.3) is 5.91 Å². The van der Waals surface area contributed by atoms with Crippen molar-refractivity contribution >= 4 is 33.1 Å². The minimum absolute atomic E-state index is 0.0722. The van der Waals surface area contributed by atoms with Crippen LogP contribution in [0.2, 0.25) is 0 Å². The Morgan fingerprint density at radius 1 is 1.08 bits per heavy atom. The average molecular weight is 368 g/mol. The molecule has 2 aliphatic rings. The highest BCUT2D eigenvalue weighted by Crippen LogP contribution is 2.37. The highest BCUT2D eigenvalue weighted by atomic mass is 32.1. The Morgan fingerprint density at radius 2 is 1.88 bits per heavy atom. The maximum Gasteiger partial charge on any atom is 0.272 e. The van der Waals surface area contributed by atoms with E-state index in [1.54, 1.807) is 11.3 Å². The van der Waals surface area contributed by atoms with Gasteiger partial charge in [-0.25, -0.2) is 0 Å². The lowest BCUT2D eigenvalue weighted by Gasteiger charge is -2.20. The van der Waals surface area contributed by atoms with Gasteiger partial charge in [-0.3, -0.25) is 4.79 Å². The maximum absolute atomic E-state index is 13.0. The highest BCUT2D eigenvalue weighted by molar-refractivity contribution is 7.17. The van der Waals surface area contributed by atoms with Crippen LogP contribution in [-0.4, -0.2) is 23.7 Å². The SMILES string of the molecule is O=C(Nc1ccc2c(c1)OCCO2)c1cc2sccc2n1C1CCCC1. The smallest absolute Gasteiger partial charge is 0.272 e. The molecular weight excluding hydrogens is 348 g/mol. The molecule has 0 saturated heterocycles. The van der Waals surface area contributed by atoms with Crippen LogP contribution in [0.4, 0.5) is 5.69 Å². The number of hydrogen-bond donors (Lipinski definition) is 1. The largest absolute Gasteiger partial charge is 0.486 e. The van der Waals surface area contributed by atoms with Crippen molar-refractivity contribution in [3.05, 3.63) is 41.4 Å². The molecule has 1 saturated carbocycles. The van der Waals surface area contributed by atoms with E-state index in [1.807, 2.05) is 24.3 Å². The lowest BCUT2D eigenvalue weighted by molar-refractivity contribution is 0.101. The van der Waals surface area contributed by atoms with Gasteiger partial charge in [0, 0.05) is 17.8 Å². The van der Waals surface area contributed by atoms with Gasteiger partial charge in [-0.1, -0.05) is 12.8 Å². The van der Waals surface area contributed by atoms with E-state index in [4.69, 9.17) is 9.47 Å². The van der Waals surface area contributed by atoms with Gasteiger partial charge in [0.1, 0.15) is 18.9 Å². The quantitative estimate of drug-likeness (QED) is 0.720. The first kappa shape index (κ1) is 15.8. The molecular formula is C20H20N2O3S. The van der Waals surface area contributed by atoms with Crippen molar-refractivity contribution in [2.45, 2.75) is 31.7 Å². The van der Waals surface area contributed by atoms with E-state index in [2.05, 4.69) is 21.3 Å². The summed E-state index contributed by atoms with van der Waals surface area (Å²) in [5, 5.41) is 5.13. The summed E-state index contributed by atoms with van der Waals surface area (Å²) < 4.78 is 14.6.